The Kier molecular flexibility index (Phi) is 4.77. The van der Waals surface area contributed by atoms with Crippen molar-refractivity contribution in [1.29, 1.82) is 0 Å². The Morgan fingerprint density at radius 1 is 1.23 bits per heavy atom. The topological polar surface area (TPSA) is 97.5 Å². The lowest BCUT2D eigenvalue weighted by Crippen LogP contribution is -2.08. The number of hydrogen-bond acceptors (Lipinski definition) is 6. The molecule has 0 aliphatic rings. The van der Waals surface area contributed by atoms with Crippen LogP contribution < -0.4 is 0 Å². The number of hydrogen-bond donors (Lipinski definition) is 2. The molecule has 3 rings (SSSR count). The fourth-order valence-corrected chi connectivity index (χ4v) is 2.52. The second-order valence-corrected chi connectivity index (χ2v) is 5.63. The highest BCUT2D eigenvalue weighted by Gasteiger charge is 2.25. The van der Waals surface area contributed by atoms with Crippen LogP contribution in [0, 0.1) is 5.82 Å². The molecule has 134 valence electrons. The molecular formula is C17H13ClFN3O4. The van der Waals surface area contributed by atoms with Crippen LogP contribution in [-0.2, 0) is 4.74 Å². The third-order valence-electron chi connectivity index (χ3n) is 3.53. The summed E-state index contributed by atoms with van der Waals surface area (Å²) >= 11 is 5.91. The number of halogens is 2. The molecule has 1 heterocycles. The molecule has 0 atom stereocenters. The number of phenolic OH excluding ortho intramolecular Hbond substituents is 2. The highest BCUT2D eigenvalue weighted by atomic mass is 35.5. The van der Waals surface area contributed by atoms with Gasteiger partial charge in [0, 0.05) is 11.6 Å². The summed E-state index contributed by atoms with van der Waals surface area (Å²) in [5.41, 5.74) is 0.570. The summed E-state index contributed by atoms with van der Waals surface area (Å²) in [5.74, 6) is -1.83. The number of ether oxygens (including phenoxy) is 1. The highest BCUT2D eigenvalue weighted by Crippen LogP contribution is 2.35. The van der Waals surface area contributed by atoms with Crippen molar-refractivity contribution in [2.45, 2.75) is 6.92 Å². The summed E-state index contributed by atoms with van der Waals surface area (Å²) in [6.45, 7) is 1.77. The van der Waals surface area contributed by atoms with Crippen LogP contribution >= 0.6 is 11.6 Å². The molecule has 0 unspecified atom stereocenters. The minimum Gasteiger partial charge on any atom is -0.506 e. The van der Waals surface area contributed by atoms with E-state index in [1.54, 1.807) is 6.92 Å². The summed E-state index contributed by atoms with van der Waals surface area (Å²) in [4.78, 5) is 12.2. The molecule has 0 bridgehead atoms. The minimum absolute atomic E-state index is 0.0314. The summed E-state index contributed by atoms with van der Waals surface area (Å²) in [5, 5.41) is 27.4. The fourth-order valence-electron chi connectivity index (χ4n) is 2.36. The lowest BCUT2D eigenvalue weighted by atomic mass is 10.1. The molecule has 0 spiro atoms. The Balaban J connectivity index is 2.25. The molecule has 2 N–H and O–H groups in total. The van der Waals surface area contributed by atoms with E-state index in [2.05, 4.69) is 10.3 Å². The molecule has 7 nitrogen and oxygen atoms in total. The predicted octanol–water partition coefficient (Wildman–Crippen LogP) is 3.31. The van der Waals surface area contributed by atoms with Crippen LogP contribution in [0.5, 0.6) is 11.5 Å². The molecule has 0 amide bonds. The van der Waals surface area contributed by atoms with Crippen molar-refractivity contribution in [3.05, 3.63) is 52.9 Å². The van der Waals surface area contributed by atoms with Gasteiger partial charge in [-0.25, -0.2) is 13.9 Å². The average molecular weight is 378 g/mol. The Morgan fingerprint density at radius 2 is 1.92 bits per heavy atom. The van der Waals surface area contributed by atoms with Crippen LogP contribution in [-0.4, -0.2) is 37.8 Å². The average Bonchev–Trinajstić information content (AvgIpc) is 3.04. The Bertz CT molecular complexity index is 973. The molecular weight excluding hydrogens is 365 g/mol. The van der Waals surface area contributed by atoms with Crippen molar-refractivity contribution >= 4 is 17.6 Å². The molecule has 26 heavy (non-hydrogen) atoms. The number of phenols is 2. The largest absolute Gasteiger partial charge is 0.506 e. The van der Waals surface area contributed by atoms with Gasteiger partial charge >= 0.3 is 5.97 Å². The van der Waals surface area contributed by atoms with E-state index >= 15 is 0 Å². The molecule has 0 radical (unpaired) electrons. The number of esters is 1. The standard InChI is InChI=1S/C17H13ClFN3O4/c1-2-26-17(25)15-16(9-3-5-10(19)6-4-9)22(21-20-15)12-7-11(18)13(23)8-14(12)24/h3-8,23-24H,2H2,1H3. The van der Waals surface area contributed by atoms with Crippen LogP contribution in [0.1, 0.15) is 17.4 Å². The third-order valence-corrected chi connectivity index (χ3v) is 3.83. The molecule has 0 saturated heterocycles. The van der Waals surface area contributed by atoms with Crippen LogP contribution in [0.4, 0.5) is 4.39 Å². The van der Waals surface area contributed by atoms with E-state index in [4.69, 9.17) is 16.3 Å². The normalized spacial score (nSPS) is 10.7. The molecule has 9 heteroatoms. The second-order valence-electron chi connectivity index (χ2n) is 5.22. The summed E-state index contributed by atoms with van der Waals surface area (Å²) in [6.07, 6.45) is 0. The van der Waals surface area contributed by atoms with Gasteiger partial charge in [-0.05, 0) is 37.3 Å². The maximum Gasteiger partial charge on any atom is 0.361 e. The SMILES string of the molecule is CCOC(=O)c1nnn(-c2cc(Cl)c(O)cc2O)c1-c1ccc(F)cc1. The molecule has 3 aromatic rings. The second kappa shape index (κ2) is 7.01. The zero-order chi connectivity index (χ0) is 18.8. The minimum atomic E-state index is -0.720. The van der Waals surface area contributed by atoms with Gasteiger partial charge in [-0.3, -0.25) is 0 Å². The van der Waals surface area contributed by atoms with Crippen molar-refractivity contribution < 1.29 is 24.1 Å². The van der Waals surface area contributed by atoms with Crippen molar-refractivity contribution in [2.75, 3.05) is 6.61 Å². The quantitative estimate of drug-likeness (QED) is 0.677. The first kappa shape index (κ1) is 17.7. The van der Waals surface area contributed by atoms with Crippen LogP contribution in [0.25, 0.3) is 16.9 Å². The maximum absolute atomic E-state index is 13.3. The zero-order valence-electron chi connectivity index (χ0n) is 13.5. The first-order chi connectivity index (χ1) is 12.4. The molecule has 0 saturated carbocycles. The highest BCUT2D eigenvalue weighted by molar-refractivity contribution is 6.32. The van der Waals surface area contributed by atoms with Gasteiger partial charge in [0.1, 0.15) is 28.7 Å². The molecule has 0 fully saturated rings. The fraction of sp³-hybridized carbons (Fsp3) is 0.118. The number of aromatic nitrogens is 3. The maximum atomic E-state index is 13.3. The lowest BCUT2D eigenvalue weighted by Gasteiger charge is -2.11. The van der Waals surface area contributed by atoms with Gasteiger partial charge < -0.3 is 14.9 Å². The first-order valence-electron chi connectivity index (χ1n) is 7.53. The van der Waals surface area contributed by atoms with Gasteiger partial charge in [-0.2, -0.15) is 0 Å². The van der Waals surface area contributed by atoms with Crippen LogP contribution in [0.3, 0.4) is 0 Å². The first-order valence-corrected chi connectivity index (χ1v) is 7.90. The Morgan fingerprint density at radius 3 is 2.58 bits per heavy atom. The molecule has 1 aromatic heterocycles. The number of nitrogens with zero attached hydrogens (tertiary/aromatic N) is 3. The summed E-state index contributed by atoms with van der Waals surface area (Å²) in [7, 11) is 0. The molecule has 0 aliphatic carbocycles. The number of carbonyl (C=O) groups excluding carboxylic acids is 1. The molecule has 0 aliphatic heterocycles. The predicted molar refractivity (Wildman–Crippen MR) is 91.0 cm³/mol. The van der Waals surface area contributed by atoms with E-state index in [-0.39, 0.29) is 40.2 Å². The van der Waals surface area contributed by atoms with Crippen molar-refractivity contribution in [3.8, 4) is 28.4 Å². The smallest absolute Gasteiger partial charge is 0.361 e. The third kappa shape index (κ3) is 3.18. The molecule has 2 aromatic carbocycles. The lowest BCUT2D eigenvalue weighted by molar-refractivity contribution is 0.0520. The number of rotatable bonds is 4. The summed E-state index contributed by atoms with van der Waals surface area (Å²) < 4.78 is 19.4. The van der Waals surface area contributed by atoms with Gasteiger partial charge in [0.05, 0.1) is 11.6 Å². The monoisotopic (exact) mass is 377 g/mol. The van der Waals surface area contributed by atoms with Gasteiger partial charge in [0.15, 0.2) is 5.69 Å². The van der Waals surface area contributed by atoms with Gasteiger partial charge in [0.25, 0.3) is 0 Å². The number of carbonyl (C=O) groups is 1. The Hall–Kier alpha value is -3.13. The van der Waals surface area contributed by atoms with Crippen LogP contribution in [0.15, 0.2) is 36.4 Å². The van der Waals surface area contributed by atoms with E-state index in [0.717, 1.165) is 6.07 Å². The van der Waals surface area contributed by atoms with Crippen LogP contribution in [0.2, 0.25) is 5.02 Å². The van der Waals surface area contributed by atoms with Crippen molar-refractivity contribution in [1.82, 2.24) is 15.0 Å². The Labute approximate surface area is 152 Å². The van der Waals surface area contributed by atoms with Crippen molar-refractivity contribution in [3.63, 3.8) is 0 Å². The van der Waals surface area contributed by atoms with E-state index in [0.29, 0.717) is 5.56 Å². The number of aromatic hydroxyl groups is 2. The number of benzene rings is 2. The van der Waals surface area contributed by atoms with E-state index < -0.39 is 11.8 Å². The van der Waals surface area contributed by atoms with Gasteiger partial charge in [-0.15, -0.1) is 5.10 Å². The van der Waals surface area contributed by atoms with Gasteiger partial charge in [0.2, 0.25) is 0 Å². The van der Waals surface area contributed by atoms with E-state index in [9.17, 15) is 19.4 Å². The van der Waals surface area contributed by atoms with E-state index in [1.165, 1.54) is 35.0 Å². The van der Waals surface area contributed by atoms with E-state index in [1.807, 2.05) is 0 Å². The summed E-state index contributed by atoms with van der Waals surface area (Å²) in [6, 6.07) is 7.61. The zero-order valence-corrected chi connectivity index (χ0v) is 14.2. The van der Waals surface area contributed by atoms with Gasteiger partial charge in [-0.1, -0.05) is 16.8 Å². The van der Waals surface area contributed by atoms with Crippen molar-refractivity contribution in [2.24, 2.45) is 0 Å².